The van der Waals surface area contributed by atoms with Gasteiger partial charge in [-0.1, -0.05) is 17.7 Å². The van der Waals surface area contributed by atoms with Gasteiger partial charge in [0, 0.05) is 44.4 Å². The summed E-state index contributed by atoms with van der Waals surface area (Å²) in [6.45, 7) is 2.36. The Morgan fingerprint density at radius 2 is 1.63 bits per heavy atom. The van der Waals surface area contributed by atoms with Gasteiger partial charge in [0.15, 0.2) is 0 Å². The van der Waals surface area contributed by atoms with Crippen LogP contribution in [-0.4, -0.2) is 61.4 Å². The van der Waals surface area contributed by atoms with Crippen LogP contribution in [0.25, 0.3) is 0 Å². The van der Waals surface area contributed by atoms with E-state index in [2.05, 4.69) is 5.10 Å². The quantitative estimate of drug-likeness (QED) is 0.729. The number of benzene rings is 1. The predicted molar refractivity (Wildman–Crippen MR) is 102 cm³/mol. The Bertz CT molecular complexity index is 1050. The number of rotatable bonds is 4. The fourth-order valence-electron chi connectivity index (χ4n) is 3.02. The van der Waals surface area contributed by atoms with Gasteiger partial charge in [-0.2, -0.15) is 13.7 Å². The second-order valence-electron chi connectivity index (χ2n) is 6.42. The third-order valence-electron chi connectivity index (χ3n) is 4.50. The van der Waals surface area contributed by atoms with Gasteiger partial charge >= 0.3 is 0 Å². The lowest BCUT2D eigenvalue weighted by Crippen LogP contribution is -2.37. The highest BCUT2D eigenvalue weighted by Crippen LogP contribution is 2.25. The molecule has 0 N–H and O–H groups in total. The van der Waals surface area contributed by atoms with E-state index in [1.54, 1.807) is 26.1 Å². The highest BCUT2D eigenvalue weighted by molar-refractivity contribution is 7.89. The zero-order chi connectivity index (χ0) is 19.8. The number of aryl methyl sites for hydroxylation is 2. The Morgan fingerprint density at radius 1 is 1.00 bits per heavy atom. The Hall–Kier alpha value is -1.46. The van der Waals surface area contributed by atoms with E-state index in [9.17, 15) is 16.8 Å². The molecular formula is C16H21ClN4O4S2. The van der Waals surface area contributed by atoms with Crippen molar-refractivity contribution in [2.24, 2.45) is 7.05 Å². The van der Waals surface area contributed by atoms with Crippen molar-refractivity contribution in [3.63, 3.8) is 0 Å². The molecule has 1 aliphatic heterocycles. The zero-order valence-electron chi connectivity index (χ0n) is 15.0. The molecule has 1 aromatic carbocycles. The van der Waals surface area contributed by atoms with Crippen LogP contribution in [0.3, 0.4) is 0 Å². The molecule has 0 radical (unpaired) electrons. The van der Waals surface area contributed by atoms with Crippen LogP contribution in [-0.2, 0) is 27.1 Å². The Balaban J connectivity index is 1.83. The maximum atomic E-state index is 13.0. The third-order valence-corrected chi connectivity index (χ3v) is 8.63. The molecule has 11 heteroatoms. The zero-order valence-corrected chi connectivity index (χ0v) is 17.4. The minimum absolute atomic E-state index is 0.0772. The molecular weight excluding hydrogens is 412 g/mol. The van der Waals surface area contributed by atoms with E-state index in [0.717, 1.165) is 0 Å². The minimum atomic E-state index is -3.76. The van der Waals surface area contributed by atoms with Gasteiger partial charge < -0.3 is 0 Å². The molecule has 0 bridgehead atoms. The Kier molecular flexibility index (Phi) is 5.64. The molecule has 0 unspecified atom stereocenters. The first kappa shape index (κ1) is 20.3. The van der Waals surface area contributed by atoms with Crippen molar-refractivity contribution in [2.75, 3.05) is 26.2 Å². The van der Waals surface area contributed by atoms with Gasteiger partial charge in [-0.25, -0.2) is 16.8 Å². The number of hydrogen-bond acceptors (Lipinski definition) is 5. The monoisotopic (exact) mass is 432 g/mol. The first-order valence-corrected chi connectivity index (χ1v) is 11.6. The van der Waals surface area contributed by atoms with Gasteiger partial charge in [0.05, 0.1) is 11.1 Å². The molecule has 0 amide bonds. The smallest absolute Gasteiger partial charge is 0.246 e. The number of sulfonamides is 2. The minimum Gasteiger partial charge on any atom is -0.274 e. The molecule has 1 aromatic heterocycles. The Morgan fingerprint density at radius 3 is 2.22 bits per heavy atom. The van der Waals surface area contributed by atoms with Crippen LogP contribution in [0.4, 0.5) is 0 Å². The van der Waals surface area contributed by atoms with Crippen molar-refractivity contribution in [3.8, 4) is 0 Å². The van der Waals surface area contributed by atoms with E-state index in [0.29, 0.717) is 17.0 Å². The van der Waals surface area contributed by atoms with Crippen LogP contribution in [0.2, 0.25) is 5.02 Å². The highest BCUT2D eigenvalue weighted by Gasteiger charge is 2.32. The van der Waals surface area contributed by atoms with Crippen molar-refractivity contribution >= 4 is 31.6 Å². The highest BCUT2D eigenvalue weighted by atomic mass is 35.5. The van der Waals surface area contributed by atoms with Crippen LogP contribution in [0, 0.1) is 6.92 Å². The van der Waals surface area contributed by atoms with Gasteiger partial charge in [0.1, 0.15) is 4.90 Å². The van der Waals surface area contributed by atoms with Crippen LogP contribution in [0.1, 0.15) is 12.0 Å². The van der Waals surface area contributed by atoms with Crippen LogP contribution in [0.5, 0.6) is 0 Å². The number of halogens is 1. The second-order valence-corrected chi connectivity index (χ2v) is 10.7. The molecule has 3 rings (SSSR count). The van der Waals surface area contributed by atoms with Gasteiger partial charge in [0.2, 0.25) is 20.0 Å². The lowest BCUT2D eigenvalue weighted by Gasteiger charge is -2.22. The van der Waals surface area contributed by atoms with E-state index < -0.39 is 20.0 Å². The predicted octanol–water partition coefficient (Wildman–Crippen LogP) is 1.47. The van der Waals surface area contributed by atoms with Gasteiger partial charge in [0.25, 0.3) is 0 Å². The summed E-state index contributed by atoms with van der Waals surface area (Å²) in [5, 5.41) is 4.25. The SMILES string of the molecule is Cc1ccc(Cl)cc1S(=O)(=O)N1CCCN(S(=O)(=O)c2cnn(C)c2)CC1. The van der Waals surface area contributed by atoms with Crippen LogP contribution in [0.15, 0.2) is 40.4 Å². The first-order chi connectivity index (χ1) is 12.6. The molecule has 1 saturated heterocycles. The molecule has 148 valence electrons. The summed E-state index contributed by atoms with van der Waals surface area (Å²) in [7, 11) is -5.82. The van der Waals surface area contributed by atoms with Crippen molar-refractivity contribution in [3.05, 3.63) is 41.2 Å². The summed E-state index contributed by atoms with van der Waals surface area (Å²) in [5.41, 5.74) is 0.600. The van der Waals surface area contributed by atoms with Crippen molar-refractivity contribution < 1.29 is 16.8 Å². The fraction of sp³-hybridized carbons (Fsp3) is 0.438. The third kappa shape index (κ3) is 4.04. The van der Waals surface area contributed by atoms with Gasteiger partial charge in [-0.15, -0.1) is 0 Å². The topological polar surface area (TPSA) is 92.6 Å². The maximum Gasteiger partial charge on any atom is 0.246 e. The summed E-state index contributed by atoms with van der Waals surface area (Å²) in [5.74, 6) is 0. The fourth-order valence-corrected chi connectivity index (χ4v) is 6.44. The largest absolute Gasteiger partial charge is 0.274 e. The maximum absolute atomic E-state index is 13.0. The summed E-state index contributed by atoms with van der Waals surface area (Å²) in [6.07, 6.45) is 3.13. The normalized spacial score (nSPS) is 17.7. The molecule has 0 saturated carbocycles. The standard InChI is InChI=1S/C16H21ClN4O4S2/c1-13-4-5-14(17)10-16(13)27(24,25)21-7-3-6-20(8-9-21)26(22,23)15-11-18-19(2)12-15/h4-5,10-12H,3,6-9H2,1-2H3. The van der Waals surface area contributed by atoms with E-state index in [1.165, 1.54) is 31.8 Å². The van der Waals surface area contributed by atoms with Crippen LogP contribution < -0.4 is 0 Å². The molecule has 0 atom stereocenters. The summed E-state index contributed by atoms with van der Waals surface area (Å²) in [6, 6.07) is 4.73. The molecule has 1 fully saturated rings. The van der Waals surface area contributed by atoms with Gasteiger partial charge in [-0.05, 0) is 31.0 Å². The number of hydrogen-bond donors (Lipinski definition) is 0. The first-order valence-electron chi connectivity index (χ1n) is 8.37. The molecule has 0 spiro atoms. The average molecular weight is 433 g/mol. The van der Waals surface area contributed by atoms with Crippen molar-refractivity contribution in [2.45, 2.75) is 23.1 Å². The van der Waals surface area contributed by atoms with E-state index in [-0.39, 0.29) is 36.0 Å². The lowest BCUT2D eigenvalue weighted by molar-refractivity contribution is 0.404. The molecule has 2 aromatic rings. The van der Waals surface area contributed by atoms with Crippen molar-refractivity contribution in [1.29, 1.82) is 0 Å². The summed E-state index contributed by atoms with van der Waals surface area (Å²) in [4.78, 5) is 0.255. The summed E-state index contributed by atoms with van der Waals surface area (Å²) < 4.78 is 55.6. The average Bonchev–Trinajstić information content (AvgIpc) is 2.89. The Labute approximate surface area is 164 Å². The lowest BCUT2D eigenvalue weighted by atomic mass is 10.2. The van der Waals surface area contributed by atoms with E-state index in [1.807, 2.05) is 0 Å². The molecule has 0 aliphatic carbocycles. The molecule has 1 aliphatic rings. The molecule has 2 heterocycles. The number of aromatic nitrogens is 2. The number of nitrogens with zero attached hydrogens (tertiary/aromatic N) is 4. The summed E-state index contributed by atoms with van der Waals surface area (Å²) >= 11 is 5.97. The second kappa shape index (κ2) is 7.51. The molecule has 27 heavy (non-hydrogen) atoms. The van der Waals surface area contributed by atoms with Gasteiger partial charge in [-0.3, -0.25) is 4.68 Å². The van der Waals surface area contributed by atoms with E-state index in [4.69, 9.17) is 11.6 Å². The van der Waals surface area contributed by atoms with E-state index >= 15 is 0 Å². The molecule has 8 nitrogen and oxygen atoms in total. The van der Waals surface area contributed by atoms with Crippen LogP contribution >= 0.6 is 11.6 Å². The van der Waals surface area contributed by atoms with Crippen molar-refractivity contribution in [1.82, 2.24) is 18.4 Å².